The summed E-state index contributed by atoms with van der Waals surface area (Å²) < 4.78 is 3.36. The maximum Gasteiger partial charge on any atom is 0.288 e. The molecule has 0 N–H and O–H groups in total. The first kappa shape index (κ1) is 8.62. The average Bonchev–Trinajstić information content (AvgIpc) is 2.63. The second-order valence-corrected chi connectivity index (χ2v) is 2.96. The molecule has 4 nitrogen and oxygen atoms in total. The molecular weight excluding hydrogens is 176 g/mol. The highest BCUT2D eigenvalue weighted by Gasteiger charge is 1.96. The van der Waals surface area contributed by atoms with Gasteiger partial charge in [-0.05, 0) is 5.56 Å². The van der Waals surface area contributed by atoms with E-state index in [1.54, 1.807) is 28.2 Å². The summed E-state index contributed by atoms with van der Waals surface area (Å²) in [5, 5.41) is 8.20. The molecule has 4 heteroatoms. The Kier molecular flexibility index (Phi) is 2.36. The van der Waals surface area contributed by atoms with Crippen LogP contribution in [0.4, 0.5) is 0 Å². The maximum atomic E-state index is 4.21. The molecule has 0 unspecified atom stereocenters. The molecule has 1 aromatic heterocycles. The fourth-order valence-corrected chi connectivity index (χ4v) is 1.10. The van der Waals surface area contributed by atoms with E-state index in [0.717, 1.165) is 5.56 Å². The van der Waals surface area contributed by atoms with Crippen LogP contribution >= 0.6 is 0 Å². The highest BCUT2D eigenvalue weighted by Crippen LogP contribution is 1.92. The Morgan fingerprint density at radius 1 is 1.36 bits per heavy atom. The Labute approximate surface area is 82.1 Å². The Bertz CT molecular complexity index is 430. The molecule has 70 valence electrons. The van der Waals surface area contributed by atoms with Gasteiger partial charge in [0, 0.05) is 5.10 Å². The summed E-state index contributed by atoms with van der Waals surface area (Å²) in [5.41, 5.74) is 1.07. The third-order valence-corrected chi connectivity index (χ3v) is 1.78. The van der Waals surface area contributed by atoms with Gasteiger partial charge < -0.3 is 0 Å². The molecule has 1 heterocycles. The van der Waals surface area contributed by atoms with E-state index in [-0.39, 0.29) is 0 Å². The minimum Gasteiger partial charge on any atom is -0.116 e. The van der Waals surface area contributed by atoms with Crippen LogP contribution in [0.5, 0.6) is 0 Å². The summed E-state index contributed by atoms with van der Waals surface area (Å²) in [5.74, 6) is 0. The summed E-state index contributed by atoms with van der Waals surface area (Å²) in [7, 11) is 1.86. The van der Waals surface area contributed by atoms with Gasteiger partial charge in [0.1, 0.15) is 0 Å². The Hall–Kier alpha value is -1.97. The van der Waals surface area contributed by atoms with Crippen LogP contribution in [0.15, 0.2) is 48.1 Å². The van der Waals surface area contributed by atoms with Crippen LogP contribution in [0.3, 0.4) is 0 Å². The van der Waals surface area contributed by atoms with Gasteiger partial charge in [-0.1, -0.05) is 30.3 Å². The van der Waals surface area contributed by atoms with Crippen LogP contribution in [-0.4, -0.2) is 16.0 Å². The van der Waals surface area contributed by atoms with E-state index < -0.39 is 0 Å². The predicted octanol–water partition coefficient (Wildman–Crippen LogP) is 0.590. The molecule has 0 aliphatic carbocycles. The van der Waals surface area contributed by atoms with Crippen molar-refractivity contribution in [2.24, 2.45) is 12.1 Å². The van der Waals surface area contributed by atoms with Crippen molar-refractivity contribution in [2.75, 3.05) is 0 Å². The molecule has 2 aromatic rings. The van der Waals surface area contributed by atoms with Crippen molar-refractivity contribution < 1.29 is 4.68 Å². The van der Waals surface area contributed by atoms with Gasteiger partial charge in [0.05, 0.1) is 13.3 Å². The molecule has 0 aliphatic rings. The number of hydrogen-bond donors (Lipinski definition) is 0. The van der Waals surface area contributed by atoms with E-state index in [9.17, 15) is 0 Å². The van der Waals surface area contributed by atoms with Gasteiger partial charge in [-0.25, -0.2) is 0 Å². The van der Waals surface area contributed by atoms with E-state index >= 15 is 0 Å². The Balaban J connectivity index is 2.15. The van der Waals surface area contributed by atoms with Crippen molar-refractivity contribution in [3.8, 4) is 0 Å². The number of aryl methyl sites for hydroxylation is 1. The topological polar surface area (TPSA) is 34.1 Å². The van der Waals surface area contributed by atoms with Gasteiger partial charge in [-0.15, -0.1) is 14.5 Å². The summed E-state index contributed by atoms with van der Waals surface area (Å²) >= 11 is 0. The van der Waals surface area contributed by atoms with Crippen LogP contribution in [0.25, 0.3) is 0 Å². The van der Waals surface area contributed by atoms with Crippen molar-refractivity contribution in [3.63, 3.8) is 0 Å². The molecule has 0 atom stereocenters. The molecule has 0 amide bonds. The summed E-state index contributed by atoms with van der Waals surface area (Å²) in [6.45, 7) is 0. The Morgan fingerprint density at radius 3 is 2.79 bits per heavy atom. The zero-order valence-corrected chi connectivity index (χ0v) is 7.91. The van der Waals surface area contributed by atoms with E-state index in [1.807, 2.05) is 37.4 Å². The lowest BCUT2D eigenvalue weighted by Crippen LogP contribution is -2.24. The number of hydrogen-bond acceptors (Lipinski definition) is 2. The zero-order chi connectivity index (χ0) is 9.80. The van der Waals surface area contributed by atoms with Crippen molar-refractivity contribution in [1.29, 1.82) is 0 Å². The van der Waals surface area contributed by atoms with Gasteiger partial charge in [-0.2, -0.15) is 0 Å². The van der Waals surface area contributed by atoms with E-state index in [2.05, 4.69) is 10.2 Å². The third kappa shape index (κ3) is 2.04. The lowest BCUT2D eigenvalue weighted by molar-refractivity contribution is -0.679. The van der Waals surface area contributed by atoms with Crippen LogP contribution in [0.1, 0.15) is 5.56 Å². The molecule has 0 fully saturated rings. The van der Waals surface area contributed by atoms with Crippen LogP contribution in [0.2, 0.25) is 0 Å². The smallest absolute Gasteiger partial charge is 0.116 e. The fourth-order valence-electron chi connectivity index (χ4n) is 1.10. The largest absolute Gasteiger partial charge is 0.288 e. The summed E-state index contributed by atoms with van der Waals surface area (Å²) in [6.07, 6.45) is 5.24. The molecule has 1 aromatic carbocycles. The quantitative estimate of drug-likeness (QED) is 0.500. The third-order valence-electron chi connectivity index (χ3n) is 1.78. The number of benzene rings is 1. The zero-order valence-electron chi connectivity index (χ0n) is 7.91. The van der Waals surface area contributed by atoms with Gasteiger partial charge in [0.15, 0.2) is 0 Å². The first-order valence-electron chi connectivity index (χ1n) is 4.34. The fraction of sp³-hybridized carbons (Fsp3) is 0.100. The van der Waals surface area contributed by atoms with Crippen molar-refractivity contribution in [1.82, 2.24) is 9.78 Å². The lowest BCUT2D eigenvalue weighted by atomic mass is 10.2. The summed E-state index contributed by atoms with van der Waals surface area (Å²) in [6, 6.07) is 9.94. The summed E-state index contributed by atoms with van der Waals surface area (Å²) in [4.78, 5) is 0. The van der Waals surface area contributed by atoms with Gasteiger partial charge >= 0.3 is 0 Å². The first-order chi connectivity index (χ1) is 6.84. The normalized spacial score (nSPS) is 10.9. The molecule has 14 heavy (non-hydrogen) atoms. The lowest BCUT2D eigenvalue weighted by Gasteiger charge is -1.87. The Morgan fingerprint density at radius 2 is 2.14 bits per heavy atom. The van der Waals surface area contributed by atoms with E-state index in [0.29, 0.717) is 0 Å². The highest BCUT2D eigenvalue weighted by atomic mass is 15.5. The minimum atomic E-state index is 1.07. The molecule has 0 aliphatic heterocycles. The average molecular weight is 187 g/mol. The molecule has 0 radical (unpaired) electrons. The number of nitrogens with zero attached hydrogens (tertiary/aromatic N) is 4. The minimum absolute atomic E-state index is 1.07. The highest BCUT2D eigenvalue weighted by molar-refractivity contribution is 5.78. The van der Waals surface area contributed by atoms with Gasteiger partial charge in [-0.3, -0.25) is 0 Å². The second-order valence-electron chi connectivity index (χ2n) is 2.96. The van der Waals surface area contributed by atoms with Gasteiger partial charge in [0.2, 0.25) is 6.33 Å². The monoisotopic (exact) mass is 187 g/mol. The van der Waals surface area contributed by atoms with Crippen molar-refractivity contribution in [3.05, 3.63) is 48.5 Å². The van der Waals surface area contributed by atoms with Crippen LogP contribution in [0, 0.1) is 0 Å². The number of aromatic nitrogens is 3. The standard InChI is InChI=1S/C10H11N4/c1-13-9-14(8-12-13)11-7-10-5-3-2-4-6-10/h2-9H,1H3/q+1/b11-7+. The molecule has 0 saturated heterocycles. The molecular formula is C10H11N4+. The SMILES string of the molecule is Cn1c[n+](/N=C/c2ccccc2)cn1. The number of rotatable bonds is 2. The molecule has 0 spiro atoms. The first-order valence-corrected chi connectivity index (χ1v) is 4.34. The van der Waals surface area contributed by atoms with E-state index in [4.69, 9.17) is 0 Å². The van der Waals surface area contributed by atoms with Crippen molar-refractivity contribution in [2.45, 2.75) is 0 Å². The van der Waals surface area contributed by atoms with Gasteiger partial charge in [0.25, 0.3) is 6.33 Å². The molecule has 0 saturated carbocycles. The molecule has 0 bridgehead atoms. The van der Waals surface area contributed by atoms with Crippen LogP contribution < -0.4 is 4.68 Å². The maximum absolute atomic E-state index is 4.21. The van der Waals surface area contributed by atoms with Crippen LogP contribution in [-0.2, 0) is 7.05 Å². The van der Waals surface area contributed by atoms with E-state index in [1.165, 1.54) is 0 Å². The second kappa shape index (κ2) is 3.83. The molecule has 2 rings (SSSR count). The predicted molar refractivity (Wildman–Crippen MR) is 52.8 cm³/mol. The van der Waals surface area contributed by atoms with Crippen molar-refractivity contribution >= 4 is 6.21 Å².